The van der Waals surface area contributed by atoms with Crippen LogP contribution in [-0.2, 0) is 0 Å². The molecule has 88 valence electrons. The molecule has 0 aromatic rings. The van der Waals surface area contributed by atoms with E-state index in [9.17, 15) is 0 Å². The van der Waals surface area contributed by atoms with E-state index in [0.717, 1.165) is 24.4 Å². The van der Waals surface area contributed by atoms with Crippen molar-refractivity contribution in [3.63, 3.8) is 0 Å². The summed E-state index contributed by atoms with van der Waals surface area (Å²) in [4.78, 5) is 0. The van der Waals surface area contributed by atoms with Crippen LogP contribution < -0.4 is 5.32 Å². The maximum absolute atomic E-state index is 3.75. The van der Waals surface area contributed by atoms with Crippen molar-refractivity contribution in [1.82, 2.24) is 5.32 Å². The highest BCUT2D eigenvalue weighted by atomic mass is 14.9. The third kappa shape index (κ3) is 2.96. The number of hydrogen-bond donors (Lipinski definition) is 1. The van der Waals surface area contributed by atoms with Gasteiger partial charge in [-0.25, -0.2) is 0 Å². The van der Waals surface area contributed by atoms with Crippen molar-refractivity contribution in [2.45, 2.75) is 70.8 Å². The summed E-state index contributed by atoms with van der Waals surface area (Å²) in [6.07, 6.45) is 13.4. The lowest BCUT2D eigenvalue weighted by Crippen LogP contribution is -2.38. The topological polar surface area (TPSA) is 12.0 Å². The lowest BCUT2D eigenvalue weighted by Gasteiger charge is -2.30. The molecule has 0 aromatic heterocycles. The fourth-order valence-corrected chi connectivity index (χ4v) is 3.80. The minimum absolute atomic E-state index is 0.848. The molecular weight excluding hydrogens is 182 g/mol. The van der Waals surface area contributed by atoms with Crippen molar-refractivity contribution < 1.29 is 0 Å². The van der Waals surface area contributed by atoms with Gasteiger partial charge in [0.25, 0.3) is 0 Å². The Hall–Kier alpha value is -0.0400. The molecule has 0 spiro atoms. The van der Waals surface area contributed by atoms with Gasteiger partial charge >= 0.3 is 0 Å². The van der Waals surface area contributed by atoms with E-state index in [1.165, 1.54) is 57.8 Å². The van der Waals surface area contributed by atoms with E-state index in [1.54, 1.807) is 0 Å². The van der Waals surface area contributed by atoms with Gasteiger partial charge in [0.05, 0.1) is 0 Å². The van der Waals surface area contributed by atoms with Crippen LogP contribution in [0.4, 0.5) is 0 Å². The van der Waals surface area contributed by atoms with Crippen LogP contribution >= 0.6 is 0 Å². The Bertz CT molecular complexity index is 172. The van der Waals surface area contributed by atoms with Gasteiger partial charge in [-0.3, -0.25) is 0 Å². The van der Waals surface area contributed by atoms with Crippen LogP contribution in [0.15, 0.2) is 0 Å². The minimum atomic E-state index is 0.848. The predicted octanol–water partition coefficient (Wildman–Crippen LogP) is 3.74. The molecule has 2 aliphatic carbocycles. The van der Waals surface area contributed by atoms with Crippen molar-refractivity contribution in [2.75, 3.05) is 6.54 Å². The fraction of sp³-hybridized carbons (Fsp3) is 1.00. The first kappa shape index (κ1) is 11.4. The lowest BCUT2D eigenvalue weighted by atomic mass is 9.81. The van der Waals surface area contributed by atoms with Gasteiger partial charge in [0, 0.05) is 6.04 Å². The summed E-state index contributed by atoms with van der Waals surface area (Å²) in [6.45, 7) is 3.42. The average molecular weight is 209 g/mol. The zero-order valence-electron chi connectivity index (χ0n) is 10.3. The second kappa shape index (κ2) is 5.89. The molecule has 2 fully saturated rings. The van der Waals surface area contributed by atoms with Crippen molar-refractivity contribution in [3.8, 4) is 0 Å². The maximum atomic E-state index is 3.75. The summed E-state index contributed by atoms with van der Waals surface area (Å²) >= 11 is 0. The van der Waals surface area contributed by atoms with Gasteiger partial charge in [-0.05, 0) is 31.2 Å². The smallest absolute Gasteiger partial charge is 0.00978 e. The lowest BCUT2D eigenvalue weighted by molar-refractivity contribution is 0.238. The van der Waals surface area contributed by atoms with Crippen LogP contribution in [0.25, 0.3) is 0 Å². The largest absolute Gasteiger partial charge is 0.314 e. The van der Waals surface area contributed by atoms with E-state index < -0.39 is 0 Å². The summed E-state index contributed by atoms with van der Waals surface area (Å²) in [5.41, 5.74) is 0. The Kier molecular flexibility index (Phi) is 4.49. The zero-order chi connectivity index (χ0) is 10.5. The van der Waals surface area contributed by atoms with Gasteiger partial charge in [0.15, 0.2) is 0 Å². The molecule has 2 saturated carbocycles. The van der Waals surface area contributed by atoms with Crippen LogP contribution in [0.1, 0.15) is 64.7 Å². The summed E-state index contributed by atoms with van der Waals surface area (Å²) in [5, 5.41) is 3.75. The fourth-order valence-electron chi connectivity index (χ4n) is 3.80. The molecule has 2 unspecified atom stereocenters. The summed E-state index contributed by atoms with van der Waals surface area (Å²) < 4.78 is 0. The Morgan fingerprint density at radius 3 is 2.27 bits per heavy atom. The van der Waals surface area contributed by atoms with Crippen molar-refractivity contribution >= 4 is 0 Å². The molecule has 2 rings (SSSR count). The van der Waals surface area contributed by atoms with Gasteiger partial charge in [0.1, 0.15) is 0 Å². The predicted molar refractivity (Wildman–Crippen MR) is 66.0 cm³/mol. The molecule has 0 saturated heterocycles. The summed E-state index contributed by atoms with van der Waals surface area (Å²) in [7, 11) is 0. The second-order valence-electron chi connectivity index (χ2n) is 5.51. The van der Waals surface area contributed by atoms with Crippen LogP contribution in [0, 0.1) is 11.8 Å². The van der Waals surface area contributed by atoms with E-state index in [2.05, 4.69) is 12.2 Å². The standard InChI is InChI=1S/C14H27N/c1-2-15-14-11-5-3-4-10-13(14)12-8-6-7-9-12/h12-15H,2-11H2,1H3. The minimum Gasteiger partial charge on any atom is -0.314 e. The Labute approximate surface area is 95.0 Å². The van der Waals surface area contributed by atoms with Crippen LogP contribution in [0.5, 0.6) is 0 Å². The monoisotopic (exact) mass is 209 g/mol. The van der Waals surface area contributed by atoms with Crippen LogP contribution in [0.2, 0.25) is 0 Å². The van der Waals surface area contributed by atoms with Gasteiger partial charge in [-0.1, -0.05) is 51.9 Å². The van der Waals surface area contributed by atoms with Gasteiger partial charge in [-0.15, -0.1) is 0 Å². The first-order valence-electron chi connectivity index (χ1n) is 7.15. The number of hydrogen-bond acceptors (Lipinski definition) is 1. The quantitative estimate of drug-likeness (QED) is 0.698. The number of rotatable bonds is 3. The van der Waals surface area contributed by atoms with Gasteiger partial charge in [0.2, 0.25) is 0 Å². The second-order valence-corrected chi connectivity index (χ2v) is 5.51. The molecule has 0 amide bonds. The van der Waals surface area contributed by atoms with E-state index in [-0.39, 0.29) is 0 Å². The molecule has 0 heterocycles. The molecule has 0 aliphatic heterocycles. The summed E-state index contributed by atoms with van der Waals surface area (Å²) in [5.74, 6) is 2.07. The first-order valence-corrected chi connectivity index (χ1v) is 7.15. The van der Waals surface area contributed by atoms with Gasteiger partial charge in [-0.2, -0.15) is 0 Å². The molecule has 1 heteroatoms. The highest BCUT2D eigenvalue weighted by Gasteiger charge is 2.31. The first-order chi connectivity index (χ1) is 7.42. The third-order valence-corrected chi connectivity index (χ3v) is 4.54. The van der Waals surface area contributed by atoms with E-state index in [4.69, 9.17) is 0 Å². The van der Waals surface area contributed by atoms with E-state index in [1.807, 2.05) is 0 Å². The van der Waals surface area contributed by atoms with Crippen molar-refractivity contribution in [2.24, 2.45) is 11.8 Å². The van der Waals surface area contributed by atoms with Gasteiger partial charge < -0.3 is 5.32 Å². The zero-order valence-corrected chi connectivity index (χ0v) is 10.3. The molecule has 1 nitrogen and oxygen atoms in total. The van der Waals surface area contributed by atoms with Crippen LogP contribution in [-0.4, -0.2) is 12.6 Å². The van der Waals surface area contributed by atoms with Crippen molar-refractivity contribution in [1.29, 1.82) is 0 Å². The van der Waals surface area contributed by atoms with E-state index in [0.29, 0.717) is 0 Å². The molecule has 0 aromatic carbocycles. The molecule has 15 heavy (non-hydrogen) atoms. The Morgan fingerprint density at radius 2 is 1.53 bits per heavy atom. The SMILES string of the molecule is CCNC1CCCCCC1C1CCCC1. The Morgan fingerprint density at radius 1 is 0.867 bits per heavy atom. The molecule has 1 N–H and O–H groups in total. The Balaban J connectivity index is 1.95. The molecular formula is C14H27N. The highest BCUT2D eigenvalue weighted by molar-refractivity contribution is 4.86. The number of nitrogens with one attached hydrogen (secondary N) is 1. The highest BCUT2D eigenvalue weighted by Crippen LogP contribution is 2.38. The molecule has 2 atom stereocenters. The molecule has 2 aliphatic rings. The normalized spacial score (nSPS) is 34.2. The third-order valence-electron chi connectivity index (χ3n) is 4.54. The molecule has 0 radical (unpaired) electrons. The molecule has 0 bridgehead atoms. The van der Waals surface area contributed by atoms with Crippen molar-refractivity contribution in [3.05, 3.63) is 0 Å². The summed E-state index contributed by atoms with van der Waals surface area (Å²) in [6, 6.07) is 0.848. The maximum Gasteiger partial charge on any atom is 0.00978 e. The van der Waals surface area contributed by atoms with E-state index >= 15 is 0 Å². The van der Waals surface area contributed by atoms with Crippen LogP contribution in [0.3, 0.4) is 0 Å². The average Bonchev–Trinajstić information content (AvgIpc) is 2.67.